The molecule has 0 radical (unpaired) electrons. The first-order chi connectivity index (χ1) is 13.6. The number of thiophene rings is 1. The molecule has 2 aromatic carbocycles. The van der Waals surface area contributed by atoms with E-state index in [1.54, 1.807) is 35.6 Å². The summed E-state index contributed by atoms with van der Waals surface area (Å²) in [7, 11) is 0. The second kappa shape index (κ2) is 7.98. The highest BCUT2D eigenvalue weighted by atomic mass is 32.1. The minimum atomic E-state index is -0.314. The summed E-state index contributed by atoms with van der Waals surface area (Å²) in [6.07, 6.45) is 4.22. The lowest BCUT2D eigenvalue weighted by Gasteiger charge is -2.13. The van der Waals surface area contributed by atoms with Gasteiger partial charge in [-0.2, -0.15) is 0 Å². The highest BCUT2D eigenvalue weighted by Gasteiger charge is 2.27. The van der Waals surface area contributed by atoms with Crippen LogP contribution in [0.3, 0.4) is 0 Å². The maximum atomic E-state index is 13.1. The third kappa shape index (κ3) is 3.85. The number of benzene rings is 2. The number of amides is 1. The minimum absolute atomic E-state index is 0.137. The van der Waals surface area contributed by atoms with Gasteiger partial charge in [-0.3, -0.25) is 4.79 Å². The molecule has 142 valence electrons. The van der Waals surface area contributed by atoms with Gasteiger partial charge in [-0.05, 0) is 61.1 Å². The zero-order valence-corrected chi connectivity index (χ0v) is 16.5. The smallest absolute Gasteiger partial charge is 0.345 e. The van der Waals surface area contributed by atoms with Crippen LogP contribution in [0.25, 0.3) is 10.4 Å². The van der Waals surface area contributed by atoms with E-state index in [0.29, 0.717) is 17.0 Å². The van der Waals surface area contributed by atoms with Gasteiger partial charge in [0.2, 0.25) is 5.91 Å². The predicted molar refractivity (Wildman–Crippen MR) is 112 cm³/mol. The summed E-state index contributed by atoms with van der Waals surface area (Å²) < 4.78 is 5.70. The van der Waals surface area contributed by atoms with Crippen molar-refractivity contribution < 1.29 is 14.3 Å². The number of carbonyl (C=O) groups excluding carboxylic acids is 2. The molecule has 0 unspecified atom stereocenters. The molecule has 1 aromatic heterocycles. The topological polar surface area (TPSA) is 55.4 Å². The third-order valence-electron chi connectivity index (χ3n) is 4.80. The lowest BCUT2D eigenvalue weighted by molar-refractivity contribution is -0.114. The highest BCUT2D eigenvalue weighted by Crippen LogP contribution is 2.40. The van der Waals surface area contributed by atoms with Crippen molar-refractivity contribution >= 4 is 28.9 Å². The van der Waals surface area contributed by atoms with Gasteiger partial charge in [0, 0.05) is 22.4 Å². The van der Waals surface area contributed by atoms with Crippen molar-refractivity contribution in [3.8, 4) is 16.2 Å². The summed E-state index contributed by atoms with van der Waals surface area (Å²) in [5, 5.41) is 2.71. The van der Waals surface area contributed by atoms with Crippen LogP contribution in [0.2, 0.25) is 0 Å². The van der Waals surface area contributed by atoms with Crippen molar-refractivity contribution in [3.63, 3.8) is 0 Å². The molecule has 0 spiro atoms. The van der Waals surface area contributed by atoms with Crippen LogP contribution in [0.5, 0.6) is 5.75 Å². The quantitative estimate of drug-likeness (QED) is 0.474. The number of carbonyl (C=O) groups is 2. The first-order valence-electron chi connectivity index (χ1n) is 9.41. The number of nitrogens with one attached hydrogen (secondary N) is 1. The van der Waals surface area contributed by atoms with E-state index in [4.69, 9.17) is 4.74 Å². The van der Waals surface area contributed by atoms with Crippen molar-refractivity contribution in [2.45, 2.75) is 32.6 Å². The molecular formula is C23H21NO3S. The molecular weight excluding hydrogens is 370 g/mol. The van der Waals surface area contributed by atoms with Gasteiger partial charge in [-0.15, -0.1) is 11.3 Å². The van der Waals surface area contributed by atoms with Crippen molar-refractivity contribution in [3.05, 3.63) is 70.6 Å². The van der Waals surface area contributed by atoms with Crippen LogP contribution < -0.4 is 10.1 Å². The Kier molecular flexibility index (Phi) is 5.26. The van der Waals surface area contributed by atoms with Crippen LogP contribution in [0.1, 0.15) is 40.6 Å². The molecule has 28 heavy (non-hydrogen) atoms. The summed E-state index contributed by atoms with van der Waals surface area (Å²) >= 11 is 1.71. The number of rotatable bonds is 4. The van der Waals surface area contributed by atoms with Crippen LogP contribution >= 0.6 is 11.3 Å². The Labute approximate surface area is 168 Å². The fourth-order valence-electron chi connectivity index (χ4n) is 3.54. The van der Waals surface area contributed by atoms with Gasteiger partial charge in [-0.1, -0.05) is 30.3 Å². The van der Waals surface area contributed by atoms with Crippen LogP contribution in [0, 0.1) is 0 Å². The van der Waals surface area contributed by atoms with E-state index < -0.39 is 0 Å². The van der Waals surface area contributed by atoms with E-state index >= 15 is 0 Å². The van der Waals surface area contributed by atoms with E-state index in [1.165, 1.54) is 18.2 Å². The van der Waals surface area contributed by atoms with Gasteiger partial charge < -0.3 is 10.1 Å². The summed E-state index contributed by atoms with van der Waals surface area (Å²) in [5.74, 6) is 0.0153. The van der Waals surface area contributed by atoms with E-state index in [0.717, 1.165) is 35.3 Å². The molecule has 0 fully saturated rings. The maximum absolute atomic E-state index is 13.1. The van der Waals surface area contributed by atoms with Gasteiger partial charge in [0.15, 0.2) is 0 Å². The molecule has 4 rings (SSSR count). The molecule has 3 aromatic rings. The fraction of sp³-hybridized carbons (Fsp3) is 0.217. The summed E-state index contributed by atoms with van der Waals surface area (Å²) in [6, 6.07) is 16.9. The highest BCUT2D eigenvalue weighted by molar-refractivity contribution is 7.16. The number of esters is 1. The zero-order chi connectivity index (χ0) is 19.5. The molecule has 0 bridgehead atoms. The predicted octanol–water partition coefficient (Wildman–Crippen LogP) is 5.47. The second-order valence-corrected chi connectivity index (χ2v) is 7.98. The number of aryl methyl sites for hydroxylation is 1. The maximum Gasteiger partial charge on any atom is 0.345 e. The minimum Gasteiger partial charge on any atom is -0.423 e. The van der Waals surface area contributed by atoms with Crippen LogP contribution in [-0.4, -0.2) is 11.9 Å². The zero-order valence-electron chi connectivity index (χ0n) is 15.7. The lowest BCUT2D eigenvalue weighted by Crippen LogP contribution is -2.13. The van der Waals surface area contributed by atoms with Crippen molar-refractivity contribution in [1.82, 2.24) is 0 Å². The van der Waals surface area contributed by atoms with E-state index in [2.05, 4.69) is 5.32 Å². The monoisotopic (exact) mass is 391 g/mol. The molecule has 0 atom stereocenters. The van der Waals surface area contributed by atoms with Crippen molar-refractivity contribution in [2.75, 3.05) is 5.32 Å². The van der Waals surface area contributed by atoms with Gasteiger partial charge in [0.05, 0.1) is 5.56 Å². The second-order valence-electron chi connectivity index (χ2n) is 6.88. The number of hydrogen-bond donors (Lipinski definition) is 1. The summed E-state index contributed by atoms with van der Waals surface area (Å²) in [6.45, 7) is 1.46. The Bertz CT molecular complexity index is 1010. The van der Waals surface area contributed by atoms with Crippen molar-refractivity contribution in [2.24, 2.45) is 0 Å². The van der Waals surface area contributed by atoms with Crippen LogP contribution in [-0.2, 0) is 17.6 Å². The average Bonchev–Trinajstić information content (AvgIpc) is 3.09. The molecule has 1 amide bonds. The molecule has 5 heteroatoms. The van der Waals surface area contributed by atoms with Gasteiger partial charge in [0.1, 0.15) is 5.75 Å². The first kappa shape index (κ1) is 18.4. The number of fused-ring (bicyclic) bond motifs is 1. The Morgan fingerprint density at radius 1 is 0.964 bits per heavy atom. The lowest BCUT2D eigenvalue weighted by atomic mass is 9.94. The van der Waals surface area contributed by atoms with Crippen molar-refractivity contribution in [1.29, 1.82) is 0 Å². The largest absolute Gasteiger partial charge is 0.423 e. The standard InChI is InChI=1S/C23H21NO3S/c1-15(25)24-17-11-13-18(14-12-17)27-23(26)21-19-9-5-6-10-20(19)28-22(21)16-7-3-2-4-8-16/h2-4,7-8,11-14H,5-6,9-10H2,1H3,(H,24,25). The molecule has 1 aliphatic rings. The SMILES string of the molecule is CC(=O)Nc1ccc(OC(=O)c2c(-c3ccccc3)sc3c2CCCC3)cc1. The van der Waals surface area contributed by atoms with Gasteiger partial charge in [0.25, 0.3) is 0 Å². The first-order valence-corrected chi connectivity index (χ1v) is 10.2. The molecule has 1 heterocycles. The number of ether oxygens (including phenoxy) is 1. The Balaban J connectivity index is 1.65. The molecule has 0 saturated heterocycles. The third-order valence-corrected chi connectivity index (χ3v) is 6.14. The van der Waals surface area contributed by atoms with Gasteiger partial charge in [-0.25, -0.2) is 4.79 Å². The molecule has 1 aliphatic carbocycles. The van der Waals surface area contributed by atoms with Gasteiger partial charge >= 0.3 is 5.97 Å². The molecule has 4 nitrogen and oxygen atoms in total. The summed E-state index contributed by atoms with van der Waals surface area (Å²) in [5.41, 5.74) is 3.58. The molecule has 1 N–H and O–H groups in total. The Morgan fingerprint density at radius 3 is 2.39 bits per heavy atom. The Hall–Kier alpha value is -2.92. The molecule has 0 saturated carbocycles. The average molecular weight is 391 g/mol. The molecule has 0 aliphatic heterocycles. The normalized spacial score (nSPS) is 12.9. The van der Waals surface area contributed by atoms with E-state index in [1.807, 2.05) is 30.3 Å². The Morgan fingerprint density at radius 2 is 1.68 bits per heavy atom. The van der Waals surface area contributed by atoms with E-state index in [9.17, 15) is 9.59 Å². The fourth-order valence-corrected chi connectivity index (χ4v) is 4.92. The van der Waals surface area contributed by atoms with Crippen LogP contribution in [0.4, 0.5) is 5.69 Å². The summed E-state index contributed by atoms with van der Waals surface area (Å²) in [4.78, 5) is 26.6. The number of anilines is 1. The van der Waals surface area contributed by atoms with E-state index in [-0.39, 0.29) is 11.9 Å². The van der Waals surface area contributed by atoms with Crippen LogP contribution in [0.15, 0.2) is 54.6 Å². The number of hydrogen-bond acceptors (Lipinski definition) is 4.